The molecule has 5 aliphatic rings. The van der Waals surface area contributed by atoms with E-state index in [0.717, 1.165) is 62.4 Å². The molecular weight excluding hydrogens is 468 g/mol. The number of methoxy groups -OCH3 is 1. The lowest BCUT2D eigenvalue weighted by Gasteiger charge is -2.65. The molecule has 0 aromatic heterocycles. The lowest BCUT2D eigenvalue weighted by molar-refractivity contribution is -0.140. The number of rotatable bonds is 9. The summed E-state index contributed by atoms with van der Waals surface area (Å²) in [5.74, 6) is 2.15. The van der Waals surface area contributed by atoms with Gasteiger partial charge in [0, 0.05) is 18.0 Å². The monoisotopic (exact) mass is 512 g/mol. The van der Waals surface area contributed by atoms with Gasteiger partial charge in [0.15, 0.2) is 0 Å². The summed E-state index contributed by atoms with van der Waals surface area (Å²) in [4.78, 5) is 24.2. The van der Waals surface area contributed by atoms with E-state index in [9.17, 15) is 9.59 Å². The van der Waals surface area contributed by atoms with Crippen LogP contribution in [0.1, 0.15) is 90.9 Å². The first-order chi connectivity index (χ1) is 17.7. The van der Waals surface area contributed by atoms with Gasteiger partial charge in [-0.15, -0.1) is 0 Å². The average Bonchev–Trinajstić information content (AvgIpc) is 2.81. The van der Waals surface area contributed by atoms with Gasteiger partial charge in [-0.05, 0) is 112 Å². The van der Waals surface area contributed by atoms with Crippen molar-refractivity contribution in [3.05, 3.63) is 24.3 Å². The van der Waals surface area contributed by atoms with Crippen LogP contribution < -0.4 is 20.1 Å². The van der Waals surface area contributed by atoms with Crippen LogP contribution in [0.3, 0.4) is 0 Å². The van der Waals surface area contributed by atoms with Gasteiger partial charge < -0.3 is 24.8 Å². The van der Waals surface area contributed by atoms with E-state index in [1.807, 2.05) is 24.3 Å². The van der Waals surface area contributed by atoms with Crippen molar-refractivity contribution in [3.63, 3.8) is 0 Å². The molecule has 2 amide bonds. The summed E-state index contributed by atoms with van der Waals surface area (Å²) < 4.78 is 16.5. The largest absolute Gasteiger partial charge is 0.494 e. The fourth-order valence-electron chi connectivity index (χ4n) is 8.69. The van der Waals surface area contributed by atoms with Gasteiger partial charge in [0.2, 0.25) is 0 Å². The fourth-order valence-corrected chi connectivity index (χ4v) is 8.69. The molecule has 6 rings (SSSR count). The molecule has 37 heavy (non-hydrogen) atoms. The first-order valence-corrected chi connectivity index (χ1v) is 14.2. The van der Waals surface area contributed by atoms with Gasteiger partial charge in [-0.1, -0.05) is 13.8 Å². The van der Waals surface area contributed by atoms with Gasteiger partial charge >= 0.3 is 12.0 Å². The third kappa shape index (κ3) is 6.35. The zero-order valence-electron chi connectivity index (χ0n) is 22.8. The number of carbonyl (C=O) groups is 2. The highest BCUT2D eigenvalue weighted by Gasteiger charge is 2.60. The van der Waals surface area contributed by atoms with Crippen molar-refractivity contribution < 1.29 is 23.8 Å². The van der Waals surface area contributed by atoms with Crippen molar-refractivity contribution in [1.29, 1.82) is 0 Å². The normalized spacial score (nSPS) is 36.0. The quantitative estimate of drug-likeness (QED) is 0.325. The van der Waals surface area contributed by atoms with E-state index in [1.165, 1.54) is 26.4 Å². The second kappa shape index (κ2) is 10.4. The minimum atomic E-state index is -0.218. The fraction of sp³-hybridized carbons (Fsp3) is 0.733. The van der Waals surface area contributed by atoms with E-state index in [4.69, 9.17) is 9.47 Å². The van der Waals surface area contributed by atoms with Gasteiger partial charge in [-0.3, -0.25) is 4.79 Å². The van der Waals surface area contributed by atoms with E-state index >= 15 is 0 Å². The summed E-state index contributed by atoms with van der Waals surface area (Å²) >= 11 is 0. The van der Waals surface area contributed by atoms with Crippen molar-refractivity contribution >= 4 is 12.0 Å². The highest BCUT2D eigenvalue weighted by atomic mass is 16.5. The van der Waals surface area contributed by atoms with Crippen LogP contribution in [0.15, 0.2) is 24.3 Å². The molecule has 7 nitrogen and oxygen atoms in total. The van der Waals surface area contributed by atoms with Crippen LogP contribution in [-0.2, 0) is 9.53 Å². The number of carbonyl (C=O) groups excluding carboxylic acids is 2. The van der Waals surface area contributed by atoms with E-state index in [0.29, 0.717) is 30.3 Å². The molecule has 204 valence electrons. The van der Waals surface area contributed by atoms with Crippen LogP contribution in [0.2, 0.25) is 0 Å². The van der Waals surface area contributed by atoms with Crippen molar-refractivity contribution in [2.75, 3.05) is 13.7 Å². The van der Waals surface area contributed by atoms with Gasteiger partial charge in [0.05, 0.1) is 19.8 Å². The Hall–Kier alpha value is -2.44. The van der Waals surface area contributed by atoms with Crippen LogP contribution in [-0.4, -0.2) is 43.4 Å². The van der Waals surface area contributed by atoms with Crippen LogP contribution in [0.4, 0.5) is 4.79 Å². The number of hydrogen-bond acceptors (Lipinski definition) is 5. The molecule has 0 radical (unpaired) electrons. The van der Waals surface area contributed by atoms with E-state index in [-0.39, 0.29) is 29.7 Å². The molecule has 0 spiro atoms. The number of benzene rings is 1. The third-order valence-electron chi connectivity index (χ3n) is 9.16. The summed E-state index contributed by atoms with van der Waals surface area (Å²) in [5, 5.41) is 6.78. The SMILES string of the molecule is COC(=O)CCCOc1ccc(OC2CCC(NC(=O)NC34CC5C[C@@](C)(C3)C[C@](C)(C5)C4)CC2)cc1. The lowest BCUT2D eigenvalue weighted by Crippen LogP contribution is -2.66. The Morgan fingerprint density at radius 3 is 2.19 bits per heavy atom. The number of esters is 1. The molecule has 7 heteroatoms. The maximum Gasteiger partial charge on any atom is 0.315 e. The van der Waals surface area contributed by atoms with Crippen molar-refractivity contribution in [2.45, 2.75) is 109 Å². The zero-order chi connectivity index (χ0) is 26.1. The molecule has 0 aliphatic heterocycles. The van der Waals surface area contributed by atoms with E-state index in [2.05, 4.69) is 29.2 Å². The maximum absolute atomic E-state index is 13.1. The Kier molecular flexibility index (Phi) is 7.34. The number of amides is 2. The van der Waals surface area contributed by atoms with Crippen molar-refractivity contribution in [2.24, 2.45) is 16.7 Å². The van der Waals surface area contributed by atoms with Gasteiger partial charge in [0.1, 0.15) is 11.5 Å². The predicted molar refractivity (Wildman–Crippen MR) is 142 cm³/mol. The van der Waals surface area contributed by atoms with Gasteiger partial charge in [0.25, 0.3) is 0 Å². The number of nitrogens with one attached hydrogen (secondary N) is 2. The summed E-state index contributed by atoms with van der Waals surface area (Å²) in [6.07, 6.45) is 12.3. The Morgan fingerprint density at radius 1 is 0.919 bits per heavy atom. The minimum Gasteiger partial charge on any atom is -0.494 e. The Balaban J connectivity index is 1.03. The first-order valence-electron chi connectivity index (χ1n) is 14.2. The second-order valence-corrected chi connectivity index (χ2v) is 13.1. The molecule has 5 fully saturated rings. The lowest BCUT2D eigenvalue weighted by atomic mass is 9.43. The summed E-state index contributed by atoms with van der Waals surface area (Å²) in [6.45, 7) is 5.36. The van der Waals surface area contributed by atoms with Crippen molar-refractivity contribution in [3.8, 4) is 11.5 Å². The summed E-state index contributed by atoms with van der Waals surface area (Å²) in [7, 11) is 1.39. The van der Waals surface area contributed by atoms with Crippen molar-refractivity contribution in [1.82, 2.24) is 10.6 Å². The first kappa shape index (κ1) is 26.2. The topological polar surface area (TPSA) is 85.9 Å². The van der Waals surface area contributed by atoms with E-state index < -0.39 is 0 Å². The third-order valence-corrected chi connectivity index (χ3v) is 9.16. The Morgan fingerprint density at radius 2 is 1.57 bits per heavy atom. The minimum absolute atomic E-state index is 0.00939. The van der Waals surface area contributed by atoms with Gasteiger partial charge in [-0.25, -0.2) is 4.79 Å². The van der Waals surface area contributed by atoms with Crippen LogP contribution in [0, 0.1) is 16.7 Å². The molecule has 5 saturated carbocycles. The molecule has 0 heterocycles. The smallest absolute Gasteiger partial charge is 0.315 e. The molecule has 1 aromatic carbocycles. The number of hydrogen-bond donors (Lipinski definition) is 2. The molecule has 1 aromatic rings. The highest BCUT2D eigenvalue weighted by Crippen LogP contribution is 2.66. The van der Waals surface area contributed by atoms with E-state index in [1.54, 1.807) is 0 Å². The second-order valence-electron chi connectivity index (χ2n) is 13.1. The predicted octanol–water partition coefficient (Wildman–Crippen LogP) is 5.76. The number of ether oxygens (including phenoxy) is 3. The Labute approximate surface area is 221 Å². The zero-order valence-corrected chi connectivity index (χ0v) is 22.8. The molecule has 0 saturated heterocycles. The molecular formula is C30H44N2O5. The van der Waals surface area contributed by atoms with Crippen LogP contribution in [0.25, 0.3) is 0 Å². The molecule has 2 N–H and O–H groups in total. The Bertz CT molecular complexity index is 953. The molecule has 2 unspecified atom stereocenters. The average molecular weight is 513 g/mol. The summed E-state index contributed by atoms with van der Waals surface area (Å²) in [5.41, 5.74) is 0.780. The molecule has 4 bridgehead atoms. The summed E-state index contributed by atoms with van der Waals surface area (Å²) in [6, 6.07) is 7.90. The standard InChI is InChI=1S/C30H44N2O5/c1-28-15-21-16-29(2,18-28)20-30(17-21,19-28)32-27(34)31-22-6-8-24(9-7-22)37-25-12-10-23(11-13-25)36-14-4-5-26(33)35-3/h10-13,21-22,24H,4-9,14-20H2,1-3H3,(H2,31,32,34)/t21?,22?,24?,28-,29+,30?. The highest BCUT2D eigenvalue weighted by molar-refractivity contribution is 5.75. The van der Waals surface area contributed by atoms with Gasteiger partial charge in [-0.2, -0.15) is 0 Å². The van der Waals surface area contributed by atoms with Crippen LogP contribution >= 0.6 is 0 Å². The van der Waals surface area contributed by atoms with Crippen LogP contribution in [0.5, 0.6) is 11.5 Å². The number of urea groups is 1. The molecule has 4 atom stereocenters. The maximum atomic E-state index is 13.1. The molecule has 5 aliphatic carbocycles.